The van der Waals surface area contributed by atoms with Crippen LogP contribution in [0.25, 0.3) is 0 Å². The lowest BCUT2D eigenvalue weighted by atomic mass is 10.1. The van der Waals surface area contributed by atoms with Crippen molar-refractivity contribution in [2.24, 2.45) is 5.73 Å². The first-order valence-corrected chi connectivity index (χ1v) is 10.4. The predicted octanol–water partition coefficient (Wildman–Crippen LogP) is 4.91. The lowest BCUT2D eigenvalue weighted by Crippen LogP contribution is -2.57. The van der Waals surface area contributed by atoms with Crippen LogP contribution in [0, 0.1) is 11.2 Å². The number of halogens is 3. The molecule has 2 aromatic carbocycles. The monoisotopic (exact) mass is 451 g/mol. The van der Waals surface area contributed by atoms with E-state index in [1.807, 2.05) is 12.1 Å². The summed E-state index contributed by atoms with van der Waals surface area (Å²) < 4.78 is 14.1. The molecule has 0 spiro atoms. The minimum atomic E-state index is -0.601. The van der Waals surface area contributed by atoms with Crippen molar-refractivity contribution in [3.8, 4) is 0 Å². The summed E-state index contributed by atoms with van der Waals surface area (Å²) >= 11 is 11.7. The Morgan fingerprint density at radius 3 is 2.60 bits per heavy atom. The summed E-state index contributed by atoms with van der Waals surface area (Å²) in [6.45, 7) is 2.59. The molecule has 2 amide bonds. The minimum absolute atomic E-state index is 0.0601. The summed E-state index contributed by atoms with van der Waals surface area (Å²) in [5.74, 6) is -0.302. The molecule has 9 heteroatoms. The van der Waals surface area contributed by atoms with E-state index in [9.17, 15) is 9.18 Å². The number of urea groups is 1. The second kappa shape index (κ2) is 9.64. The highest BCUT2D eigenvalue weighted by Crippen LogP contribution is 2.25. The summed E-state index contributed by atoms with van der Waals surface area (Å²) in [5, 5.41) is 11.7. The number of nitrogens with two attached hydrogens (primary N) is 1. The Hall–Kier alpha value is -2.35. The lowest BCUT2D eigenvalue weighted by Gasteiger charge is -2.37. The van der Waals surface area contributed by atoms with Crippen LogP contribution in [0.5, 0.6) is 0 Å². The summed E-state index contributed by atoms with van der Waals surface area (Å²) in [7, 11) is 0. The number of nitrogens with zero attached hydrogens (tertiary/aromatic N) is 2. The largest absolute Gasteiger partial charge is 0.339 e. The van der Waals surface area contributed by atoms with E-state index < -0.39 is 18.0 Å². The lowest BCUT2D eigenvalue weighted by molar-refractivity contribution is 0.160. The van der Waals surface area contributed by atoms with E-state index in [2.05, 4.69) is 5.32 Å². The molecular weight excluding hydrogens is 428 g/mol. The molecule has 1 aliphatic heterocycles. The summed E-state index contributed by atoms with van der Waals surface area (Å²) in [4.78, 5) is 16.2. The molecule has 0 saturated carbocycles. The fourth-order valence-corrected chi connectivity index (χ4v) is 3.90. The van der Waals surface area contributed by atoms with Crippen LogP contribution in [0.2, 0.25) is 10.0 Å². The Bertz CT molecular complexity index is 924. The first kappa shape index (κ1) is 22.3. The Morgan fingerprint density at radius 1 is 1.30 bits per heavy atom. The zero-order valence-corrected chi connectivity index (χ0v) is 18.1. The molecule has 3 rings (SSSR count). The third-order valence-corrected chi connectivity index (χ3v) is 5.67. The molecule has 2 atom stereocenters. The van der Waals surface area contributed by atoms with Crippen LogP contribution < -0.4 is 11.1 Å². The molecule has 1 aliphatic rings. The number of hydrogen-bond donors (Lipinski definition) is 3. The highest BCUT2D eigenvalue weighted by atomic mass is 35.5. The molecule has 4 N–H and O–H groups in total. The van der Waals surface area contributed by atoms with Crippen LogP contribution in [0.1, 0.15) is 25.3 Å². The molecule has 6 nitrogen and oxygen atoms in total. The molecule has 1 unspecified atom stereocenters. The van der Waals surface area contributed by atoms with Gasteiger partial charge in [-0.15, -0.1) is 0 Å². The van der Waals surface area contributed by atoms with Crippen molar-refractivity contribution in [2.75, 3.05) is 11.9 Å². The van der Waals surface area contributed by atoms with Gasteiger partial charge < -0.3 is 20.9 Å². The first-order valence-electron chi connectivity index (χ1n) is 9.61. The SMILES string of the molecule is CC(=N)N(Cc1ccc(Cl)cc1)C(N)[C@H]1CCCN1C(=O)Nc1ccc(Cl)cc1F. The predicted molar refractivity (Wildman–Crippen MR) is 119 cm³/mol. The highest BCUT2D eigenvalue weighted by molar-refractivity contribution is 6.30. The Labute approximate surface area is 185 Å². The minimum Gasteiger partial charge on any atom is -0.339 e. The van der Waals surface area contributed by atoms with E-state index in [4.69, 9.17) is 34.3 Å². The molecule has 160 valence electrons. The maximum atomic E-state index is 14.1. The Morgan fingerprint density at radius 2 is 1.97 bits per heavy atom. The third kappa shape index (κ3) is 5.22. The zero-order chi connectivity index (χ0) is 21.8. The van der Waals surface area contributed by atoms with Crippen LogP contribution in [0.15, 0.2) is 42.5 Å². The van der Waals surface area contributed by atoms with Crippen LogP contribution in [0.4, 0.5) is 14.9 Å². The smallest absolute Gasteiger partial charge is 0.322 e. The van der Waals surface area contributed by atoms with Crippen molar-refractivity contribution < 1.29 is 9.18 Å². The molecule has 0 aliphatic carbocycles. The number of nitrogens with one attached hydrogen (secondary N) is 2. The third-order valence-electron chi connectivity index (χ3n) is 5.18. The topological polar surface area (TPSA) is 85.5 Å². The average Bonchev–Trinajstić information content (AvgIpc) is 3.19. The van der Waals surface area contributed by atoms with Gasteiger partial charge in [0.2, 0.25) is 0 Å². The number of benzene rings is 2. The van der Waals surface area contributed by atoms with E-state index in [0.29, 0.717) is 30.4 Å². The number of anilines is 1. The quantitative estimate of drug-likeness (QED) is 0.342. The molecule has 0 aromatic heterocycles. The number of amidine groups is 1. The molecule has 30 heavy (non-hydrogen) atoms. The number of likely N-dealkylation sites (tertiary alicyclic amines) is 1. The van der Waals surface area contributed by atoms with Crippen molar-refractivity contribution in [1.82, 2.24) is 9.80 Å². The van der Waals surface area contributed by atoms with Gasteiger partial charge in [0.15, 0.2) is 0 Å². The van der Waals surface area contributed by atoms with Gasteiger partial charge in [-0.05, 0) is 55.7 Å². The first-order chi connectivity index (χ1) is 14.3. The van der Waals surface area contributed by atoms with Gasteiger partial charge in [0.05, 0.1) is 23.7 Å². The maximum Gasteiger partial charge on any atom is 0.322 e. The van der Waals surface area contributed by atoms with Crippen molar-refractivity contribution in [3.05, 3.63) is 63.9 Å². The van der Waals surface area contributed by atoms with Crippen LogP contribution in [-0.2, 0) is 6.54 Å². The van der Waals surface area contributed by atoms with Crippen LogP contribution in [0.3, 0.4) is 0 Å². The van der Waals surface area contributed by atoms with Gasteiger partial charge in [-0.25, -0.2) is 9.18 Å². The molecule has 1 heterocycles. The van der Waals surface area contributed by atoms with E-state index in [0.717, 1.165) is 18.1 Å². The van der Waals surface area contributed by atoms with Crippen molar-refractivity contribution >= 4 is 40.8 Å². The fraction of sp³-hybridized carbons (Fsp3) is 0.333. The average molecular weight is 452 g/mol. The number of carbonyl (C=O) groups is 1. The van der Waals surface area contributed by atoms with E-state index in [1.165, 1.54) is 12.1 Å². The van der Waals surface area contributed by atoms with Crippen molar-refractivity contribution in [1.29, 1.82) is 5.41 Å². The van der Waals surface area contributed by atoms with Gasteiger partial charge in [0.25, 0.3) is 0 Å². The van der Waals surface area contributed by atoms with E-state index in [-0.39, 0.29) is 16.8 Å². The van der Waals surface area contributed by atoms with E-state index >= 15 is 0 Å². The fourth-order valence-electron chi connectivity index (χ4n) is 3.62. The summed E-state index contributed by atoms with van der Waals surface area (Å²) in [6, 6.07) is 10.7. The second-order valence-electron chi connectivity index (χ2n) is 7.29. The molecular formula is C21H24Cl2FN5O. The molecule has 0 bridgehead atoms. The van der Waals surface area contributed by atoms with Gasteiger partial charge in [-0.2, -0.15) is 0 Å². The van der Waals surface area contributed by atoms with Crippen LogP contribution in [-0.4, -0.2) is 40.4 Å². The van der Waals surface area contributed by atoms with Gasteiger partial charge in [0, 0.05) is 23.1 Å². The normalized spacial score (nSPS) is 17.0. The number of carbonyl (C=O) groups excluding carboxylic acids is 1. The van der Waals surface area contributed by atoms with Crippen molar-refractivity contribution in [2.45, 2.75) is 38.5 Å². The van der Waals surface area contributed by atoms with Gasteiger partial charge in [-0.1, -0.05) is 35.3 Å². The highest BCUT2D eigenvalue weighted by Gasteiger charge is 2.36. The number of hydrogen-bond acceptors (Lipinski definition) is 3. The second-order valence-corrected chi connectivity index (χ2v) is 8.16. The van der Waals surface area contributed by atoms with Crippen molar-refractivity contribution in [3.63, 3.8) is 0 Å². The molecule has 1 fully saturated rings. The summed E-state index contributed by atoms with van der Waals surface area (Å²) in [5.41, 5.74) is 7.54. The Kier molecular flexibility index (Phi) is 7.18. The van der Waals surface area contributed by atoms with Crippen LogP contribution >= 0.6 is 23.2 Å². The van der Waals surface area contributed by atoms with Gasteiger partial charge >= 0.3 is 6.03 Å². The number of rotatable bonds is 5. The van der Waals surface area contributed by atoms with Gasteiger partial charge in [-0.3, -0.25) is 5.41 Å². The van der Waals surface area contributed by atoms with E-state index in [1.54, 1.807) is 28.9 Å². The van der Waals surface area contributed by atoms with Gasteiger partial charge in [0.1, 0.15) is 5.82 Å². The molecule has 0 radical (unpaired) electrons. The standard InChI is InChI=1S/C21H24Cl2FN5O/c1-13(25)29(12-14-4-6-15(22)7-5-14)20(26)19-3-2-10-28(19)21(30)27-18-9-8-16(23)11-17(18)24/h4-9,11,19-20,25H,2-3,10,12,26H2,1H3,(H,27,30)/t19-,20?/m1/s1. The molecule has 2 aromatic rings. The Balaban J connectivity index is 1.73. The molecule has 1 saturated heterocycles. The summed E-state index contributed by atoms with van der Waals surface area (Å²) in [6.07, 6.45) is 0.893. The maximum absolute atomic E-state index is 14.1. The zero-order valence-electron chi connectivity index (χ0n) is 16.5. The number of amides is 2.